The second-order valence-electron chi connectivity index (χ2n) is 12.4. The molecule has 5 rings (SSSR count). The van der Waals surface area contributed by atoms with E-state index in [0.717, 1.165) is 16.7 Å². The number of halogens is 1. The summed E-state index contributed by atoms with van der Waals surface area (Å²) in [6.45, 7) is 5.70. The summed E-state index contributed by atoms with van der Waals surface area (Å²) in [4.78, 5) is 27.4. The minimum atomic E-state index is -5.03. The van der Waals surface area contributed by atoms with Gasteiger partial charge in [-0.15, -0.1) is 4.20 Å². The van der Waals surface area contributed by atoms with Crippen molar-refractivity contribution < 1.29 is 36.8 Å². The number of aromatic amines is 1. The van der Waals surface area contributed by atoms with Crippen LogP contribution in [0, 0.1) is 6.92 Å². The van der Waals surface area contributed by atoms with Crippen LogP contribution < -0.4 is 20.7 Å². The van der Waals surface area contributed by atoms with E-state index < -0.39 is 55.4 Å². The maximum absolute atomic E-state index is 15.1. The van der Waals surface area contributed by atoms with Crippen LogP contribution in [0.2, 0.25) is 0 Å². The van der Waals surface area contributed by atoms with Gasteiger partial charge >= 0.3 is 13.6 Å². The molecule has 256 valence electrons. The number of nitrogens with one attached hydrogen (secondary N) is 1. The van der Waals surface area contributed by atoms with Crippen molar-refractivity contribution in [3.8, 4) is 11.5 Å². The highest BCUT2D eigenvalue weighted by molar-refractivity contribution is 7.48. The van der Waals surface area contributed by atoms with Gasteiger partial charge in [0.1, 0.15) is 29.4 Å². The molecule has 0 bridgehead atoms. The van der Waals surface area contributed by atoms with E-state index in [9.17, 15) is 14.2 Å². The van der Waals surface area contributed by atoms with Crippen LogP contribution in [-0.2, 0) is 28.7 Å². The number of hydrogen-bond acceptors (Lipinski definition) is 9. The molecule has 1 aliphatic heterocycles. The number of H-pyrrole nitrogens is 1. The molecular weight excluding hydrogens is 642 g/mol. The Morgan fingerprint density at radius 2 is 1.44 bits per heavy atom. The summed E-state index contributed by atoms with van der Waals surface area (Å²) in [5, 5.41) is 0. The van der Waals surface area contributed by atoms with Crippen molar-refractivity contribution in [2.45, 2.75) is 63.8 Å². The van der Waals surface area contributed by atoms with Crippen LogP contribution in [0.5, 0.6) is 11.5 Å². The Bertz CT molecular complexity index is 1810. The molecule has 0 saturated carbocycles. The minimum Gasteiger partial charge on any atom is -0.497 e. The van der Waals surface area contributed by atoms with Crippen LogP contribution in [0.25, 0.3) is 0 Å². The number of hydrogen-bond donors (Lipinski definition) is 1. The molecule has 4 aromatic rings. The zero-order valence-corrected chi connectivity index (χ0v) is 28.6. The maximum atomic E-state index is 15.1. The Hall–Kier alpha value is -4.06. The standard InChI is InChI=1S/C35H40FN2O9P/c1-23-21-38(33(40)37-32(23)39)31-20-29(30(45-31)22-44-48(36,41)47-34(2,3)4)46-35(24-10-8-7-9-11-24,25-12-16-27(42-5)17-13-25)26-14-18-28(43-6)19-15-26/h7-19,21,29-31H,20,22H2,1-6H3,(H,37,39,40)/t29-,30+,31+,48?/m0/s1. The second-order valence-corrected chi connectivity index (χ2v) is 13.7. The molecule has 0 spiro atoms. The topological polar surface area (TPSA) is 127 Å². The molecule has 48 heavy (non-hydrogen) atoms. The number of ether oxygens (including phenoxy) is 4. The Morgan fingerprint density at radius 3 is 1.96 bits per heavy atom. The van der Waals surface area contributed by atoms with Gasteiger partial charge in [0.2, 0.25) is 0 Å². The number of rotatable bonds is 12. The van der Waals surface area contributed by atoms with E-state index >= 15 is 4.20 Å². The van der Waals surface area contributed by atoms with E-state index in [2.05, 4.69) is 4.98 Å². The fourth-order valence-electron chi connectivity index (χ4n) is 5.72. The van der Waals surface area contributed by atoms with Crippen LogP contribution in [0.1, 0.15) is 55.7 Å². The smallest absolute Gasteiger partial charge is 0.497 e. The molecule has 1 aromatic heterocycles. The lowest BCUT2D eigenvalue weighted by molar-refractivity contribution is -0.0992. The predicted octanol–water partition coefficient (Wildman–Crippen LogP) is 6.44. The van der Waals surface area contributed by atoms with E-state index in [0.29, 0.717) is 11.5 Å². The summed E-state index contributed by atoms with van der Waals surface area (Å²) in [5.74, 6) is 1.27. The molecule has 0 aliphatic carbocycles. The summed E-state index contributed by atoms with van der Waals surface area (Å²) in [7, 11) is -1.88. The number of benzene rings is 3. The summed E-state index contributed by atoms with van der Waals surface area (Å²) in [6.07, 6.45) is -1.40. The quantitative estimate of drug-likeness (QED) is 0.133. The molecule has 4 atom stereocenters. The third-order valence-electron chi connectivity index (χ3n) is 7.91. The lowest BCUT2D eigenvalue weighted by atomic mass is 9.79. The summed E-state index contributed by atoms with van der Waals surface area (Å²) >= 11 is 0. The number of methoxy groups -OCH3 is 2. The first-order valence-electron chi connectivity index (χ1n) is 15.4. The van der Waals surface area contributed by atoms with Gasteiger partial charge in [0, 0.05) is 18.2 Å². The van der Waals surface area contributed by atoms with Crippen molar-refractivity contribution in [1.82, 2.24) is 9.55 Å². The maximum Gasteiger partial charge on any atom is 0.513 e. The number of aromatic nitrogens is 2. The van der Waals surface area contributed by atoms with Gasteiger partial charge < -0.3 is 18.9 Å². The molecule has 1 N–H and O–H groups in total. The molecule has 1 aliphatic rings. The molecule has 0 amide bonds. The highest BCUT2D eigenvalue weighted by Crippen LogP contribution is 2.54. The third kappa shape index (κ3) is 7.80. The molecule has 1 unspecified atom stereocenters. The third-order valence-corrected chi connectivity index (χ3v) is 9.14. The average molecular weight is 683 g/mol. The van der Waals surface area contributed by atoms with Crippen LogP contribution >= 0.6 is 7.91 Å². The summed E-state index contributed by atoms with van der Waals surface area (Å²) in [5.41, 5.74) is -1.10. The van der Waals surface area contributed by atoms with Gasteiger partial charge in [-0.05, 0) is 68.7 Å². The molecule has 13 heteroatoms. The SMILES string of the molecule is COc1ccc(C(O[C@H]2C[C@H](n3cc(C)c(=O)[nH]c3=O)O[C@@H]2COP(=O)(F)OC(C)(C)C)(c2ccccc2)c2ccc(OC)cc2)cc1. The number of aryl methyl sites for hydroxylation is 1. The van der Waals surface area contributed by atoms with Gasteiger partial charge in [-0.2, -0.15) is 0 Å². The van der Waals surface area contributed by atoms with E-state index in [-0.39, 0.29) is 12.0 Å². The Balaban J connectivity index is 1.65. The van der Waals surface area contributed by atoms with Gasteiger partial charge in [0.05, 0.1) is 32.5 Å². The summed E-state index contributed by atoms with van der Waals surface area (Å²) in [6, 6.07) is 24.3. The average Bonchev–Trinajstić information content (AvgIpc) is 3.46. The first-order chi connectivity index (χ1) is 22.7. The van der Waals surface area contributed by atoms with Crippen molar-refractivity contribution in [2.24, 2.45) is 0 Å². The molecule has 2 heterocycles. The first kappa shape index (κ1) is 35.3. The van der Waals surface area contributed by atoms with Crippen molar-refractivity contribution in [2.75, 3.05) is 20.8 Å². The normalized spacial score (nSPS) is 19.5. The van der Waals surface area contributed by atoms with E-state index in [1.54, 1.807) is 41.9 Å². The molecule has 1 saturated heterocycles. The van der Waals surface area contributed by atoms with Crippen molar-refractivity contribution >= 4 is 7.91 Å². The molecule has 0 radical (unpaired) electrons. The molecule has 3 aromatic carbocycles. The molecular formula is C35H40FN2O9P. The lowest BCUT2D eigenvalue weighted by Gasteiger charge is -2.39. The molecule has 11 nitrogen and oxygen atoms in total. The fraction of sp³-hybridized carbons (Fsp3) is 0.371. The van der Waals surface area contributed by atoms with Gasteiger partial charge in [-0.25, -0.2) is 9.36 Å². The second kappa shape index (κ2) is 14.2. The van der Waals surface area contributed by atoms with E-state index in [4.69, 9.17) is 28.0 Å². The van der Waals surface area contributed by atoms with Gasteiger partial charge in [-0.3, -0.25) is 23.4 Å². The largest absolute Gasteiger partial charge is 0.513 e. The number of nitrogens with zero attached hydrogens (tertiary/aromatic N) is 1. The van der Waals surface area contributed by atoms with Crippen molar-refractivity contribution in [1.29, 1.82) is 0 Å². The molecule has 1 fully saturated rings. The van der Waals surface area contributed by atoms with E-state index in [1.165, 1.54) is 10.8 Å². The van der Waals surface area contributed by atoms with Gasteiger partial charge in [-0.1, -0.05) is 54.6 Å². The fourth-order valence-corrected chi connectivity index (χ4v) is 6.75. The van der Waals surface area contributed by atoms with Crippen molar-refractivity contribution in [3.63, 3.8) is 0 Å². The van der Waals surface area contributed by atoms with Crippen LogP contribution in [0.3, 0.4) is 0 Å². The monoisotopic (exact) mass is 682 g/mol. The Morgan fingerprint density at radius 1 is 0.896 bits per heavy atom. The van der Waals surface area contributed by atoms with Gasteiger partial charge in [0.25, 0.3) is 5.56 Å². The predicted molar refractivity (Wildman–Crippen MR) is 177 cm³/mol. The Labute approximate surface area is 278 Å². The highest BCUT2D eigenvalue weighted by atomic mass is 31.2. The minimum absolute atomic E-state index is 0.0804. The van der Waals surface area contributed by atoms with Crippen LogP contribution in [0.4, 0.5) is 4.20 Å². The van der Waals surface area contributed by atoms with E-state index in [1.807, 2.05) is 78.9 Å². The highest BCUT2D eigenvalue weighted by Gasteiger charge is 2.47. The Kier molecular flexibility index (Phi) is 10.4. The van der Waals surface area contributed by atoms with Crippen molar-refractivity contribution in [3.05, 3.63) is 128 Å². The first-order valence-corrected chi connectivity index (χ1v) is 16.8. The van der Waals surface area contributed by atoms with Crippen LogP contribution in [0.15, 0.2) is 94.6 Å². The summed E-state index contributed by atoms with van der Waals surface area (Å²) < 4.78 is 63.8. The zero-order chi connectivity index (χ0) is 34.7. The van der Waals surface area contributed by atoms with Crippen LogP contribution in [-0.4, -0.2) is 48.2 Å². The zero-order valence-electron chi connectivity index (χ0n) is 27.7. The lowest BCUT2D eigenvalue weighted by Crippen LogP contribution is -2.41. The van der Waals surface area contributed by atoms with Gasteiger partial charge in [0.15, 0.2) is 0 Å².